The molecule has 0 fully saturated rings. The Labute approximate surface area is 119 Å². The third-order valence-corrected chi connectivity index (χ3v) is 31.9. The lowest BCUT2D eigenvalue weighted by atomic mass is 10.2. The van der Waals surface area contributed by atoms with Gasteiger partial charge in [-0.05, 0) is 19.6 Å². The molecule has 0 saturated heterocycles. The number of rotatable bonds is 5. The lowest BCUT2D eigenvalue weighted by Crippen LogP contribution is -2.58. The average molecular weight is 319 g/mol. The molecule has 0 N–H and O–H groups in total. The maximum Gasteiger partial charge on any atom is 0.241 e. The molecule has 0 amide bonds. The Hall–Kier alpha value is 0.538. The third-order valence-electron chi connectivity index (χ3n) is 2.69. The summed E-state index contributed by atoms with van der Waals surface area (Å²) < 4.78 is 6.58. The first-order valence-electron chi connectivity index (χ1n) is 7.10. The molecule has 0 rings (SSSR count). The van der Waals surface area contributed by atoms with Crippen LogP contribution in [0.5, 0.6) is 0 Å². The molecule has 5 heteroatoms. The highest BCUT2D eigenvalue weighted by Crippen LogP contribution is 2.19. The molecule has 0 bridgehead atoms. The summed E-state index contributed by atoms with van der Waals surface area (Å²) in [5.41, 5.74) is 0. The van der Waals surface area contributed by atoms with Crippen LogP contribution in [0.1, 0.15) is 13.8 Å². The van der Waals surface area contributed by atoms with E-state index in [4.69, 9.17) is 4.43 Å². The predicted octanol–water partition coefficient (Wildman–Crippen LogP) is 4.53. The van der Waals surface area contributed by atoms with Crippen LogP contribution in [0, 0.1) is 5.92 Å². The molecule has 0 radical (unpaired) electrons. The SMILES string of the molecule is CC(C)C(O[Si](C)(C)C)=[Si]([Si](C)(C)C)[Si](C)(C)C. The minimum absolute atomic E-state index is 0.440. The summed E-state index contributed by atoms with van der Waals surface area (Å²) in [5, 5.41) is 1.54. The summed E-state index contributed by atoms with van der Waals surface area (Å²) in [6, 6.07) is 0. The summed E-state index contributed by atoms with van der Waals surface area (Å²) >= 11 is 0. The maximum atomic E-state index is 6.58. The first kappa shape index (κ1) is 18.5. The molecule has 18 heavy (non-hydrogen) atoms. The summed E-state index contributed by atoms with van der Waals surface area (Å²) in [6.07, 6.45) is 0. The Morgan fingerprint density at radius 3 is 1.28 bits per heavy atom. The molecule has 0 aromatic carbocycles. The van der Waals surface area contributed by atoms with Crippen LogP contribution in [-0.4, -0.2) is 36.3 Å². The summed E-state index contributed by atoms with van der Waals surface area (Å²) in [7, 11) is -4.16. The van der Waals surface area contributed by atoms with E-state index >= 15 is 0 Å². The van der Waals surface area contributed by atoms with E-state index in [1.165, 1.54) is 5.35 Å². The highest BCUT2D eigenvalue weighted by molar-refractivity contribution is 7.60. The normalized spacial score (nSPS) is 13.8. The van der Waals surface area contributed by atoms with Crippen molar-refractivity contribution in [2.75, 3.05) is 0 Å². The average Bonchev–Trinajstić information content (AvgIpc) is 1.93. The van der Waals surface area contributed by atoms with E-state index in [0.29, 0.717) is 5.92 Å². The molecule has 0 spiro atoms. The molecule has 0 aliphatic carbocycles. The van der Waals surface area contributed by atoms with Crippen LogP contribution < -0.4 is 0 Å². The Balaban J connectivity index is 5.91. The van der Waals surface area contributed by atoms with Crippen molar-refractivity contribution in [2.24, 2.45) is 5.92 Å². The van der Waals surface area contributed by atoms with Crippen molar-refractivity contribution in [3.05, 3.63) is 0 Å². The Morgan fingerprint density at radius 1 is 0.778 bits per heavy atom. The van der Waals surface area contributed by atoms with Gasteiger partial charge in [-0.2, -0.15) is 0 Å². The van der Waals surface area contributed by atoms with Gasteiger partial charge in [0.05, 0.1) is 15.2 Å². The van der Waals surface area contributed by atoms with E-state index in [9.17, 15) is 0 Å². The van der Waals surface area contributed by atoms with Gasteiger partial charge in [-0.15, -0.1) is 0 Å². The number of hydrogen-bond donors (Lipinski definition) is 0. The zero-order chi connectivity index (χ0) is 14.9. The smallest absolute Gasteiger partial charge is 0.241 e. The largest absolute Gasteiger partial charge is 0.552 e. The maximum absolute atomic E-state index is 6.58. The molecular formula is C13H34OSi4. The fourth-order valence-corrected chi connectivity index (χ4v) is 43.3. The molecule has 0 saturated carbocycles. The van der Waals surface area contributed by atoms with Crippen molar-refractivity contribution in [1.29, 1.82) is 0 Å². The van der Waals surface area contributed by atoms with Gasteiger partial charge in [0, 0.05) is 18.7 Å². The first-order chi connectivity index (χ1) is 7.66. The summed E-state index contributed by atoms with van der Waals surface area (Å²) in [6.45, 7) is 26.9. The van der Waals surface area contributed by atoms with Crippen molar-refractivity contribution in [3.8, 4) is 0 Å². The monoisotopic (exact) mass is 318 g/mol. The third kappa shape index (κ3) is 6.12. The summed E-state index contributed by atoms with van der Waals surface area (Å²) in [5.74, 6) is 0.601. The van der Waals surface area contributed by atoms with Crippen molar-refractivity contribution < 1.29 is 4.43 Å². The van der Waals surface area contributed by atoms with Gasteiger partial charge in [0.1, 0.15) is 0 Å². The van der Waals surface area contributed by atoms with Crippen molar-refractivity contribution in [2.45, 2.75) is 72.8 Å². The van der Waals surface area contributed by atoms with Gasteiger partial charge in [-0.3, -0.25) is 0 Å². The van der Waals surface area contributed by atoms with E-state index in [1.807, 2.05) is 0 Å². The fourth-order valence-electron chi connectivity index (χ4n) is 2.65. The highest BCUT2D eigenvalue weighted by atomic mass is 29.6. The van der Waals surface area contributed by atoms with Gasteiger partial charge in [-0.1, -0.05) is 53.1 Å². The van der Waals surface area contributed by atoms with E-state index in [1.54, 1.807) is 0 Å². The molecular weight excluding hydrogens is 284 g/mol. The molecule has 0 unspecified atom stereocenters. The van der Waals surface area contributed by atoms with E-state index < -0.39 is 30.9 Å². The zero-order valence-corrected chi connectivity index (χ0v) is 18.5. The standard InChI is InChI=1S/C13H34OSi4/c1-12(2)13(14-16(3,4)5)15(17(6,7)8)18(9,10)11/h12H,1-11H3. The molecule has 108 valence electrons. The molecule has 0 aliphatic rings. The van der Waals surface area contributed by atoms with Crippen molar-refractivity contribution in [3.63, 3.8) is 0 Å². The summed E-state index contributed by atoms with van der Waals surface area (Å²) in [4.78, 5) is 0. The van der Waals surface area contributed by atoms with E-state index in [2.05, 4.69) is 72.8 Å². The van der Waals surface area contributed by atoms with Crippen LogP contribution in [0.2, 0.25) is 58.9 Å². The highest BCUT2D eigenvalue weighted by Gasteiger charge is 2.37. The van der Waals surface area contributed by atoms with Crippen molar-refractivity contribution >= 4 is 36.3 Å². The lowest BCUT2D eigenvalue weighted by molar-refractivity contribution is 0.521. The first-order valence-corrected chi connectivity index (χ1v) is 21.0. The van der Waals surface area contributed by atoms with Crippen LogP contribution in [0.25, 0.3) is 0 Å². The Bertz CT molecular complexity index is 297. The van der Waals surface area contributed by atoms with Crippen LogP contribution in [0.15, 0.2) is 0 Å². The van der Waals surface area contributed by atoms with Crippen LogP contribution in [0.4, 0.5) is 0 Å². The van der Waals surface area contributed by atoms with Crippen LogP contribution in [0.3, 0.4) is 0 Å². The minimum atomic E-state index is -1.47. The Kier molecular flexibility index (Phi) is 6.07. The second-order valence-corrected chi connectivity index (χ2v) is 36.8. The fraction of sp³-hybridized carbons (Fsp3) is 0.923. The molecule has 0 aromatic heterocycles. The number of hydrogen-bond acceptors (Lipinski definition) is 1. The van der Waals surface area contributed by atoms with Gasteiger partial charge >= 0.3 is 0 Å². The topological polar surface area (TPSA) is 9.23 Å². The molecule has 1 nitrogen and oxygen atoms in total. The molecule has 0 atom stereocenters. The quantitative estimate of drug-likeness (QED) is 0.677. The van der Waals surface area contributed by atoms with Gasteiger partial charge in [0.25, 0.3) is 0 Å². The lowest BCUT2D eigenvalue weighted by Gasteiger charge is -2.37. The molecule has 0 aliphatic heterocycles. The van der Waals surface area contributed by atoms with Gasteiger partial charge in [0.15, 0.2) is 0 Å². The van der Waals surface area contributed by atoms with Gasteiger partial charge < -0.3 is 4.43 Å². The van der Waals surface area contributed by atoms with Gasteiger partial charge in [0.2, 0.25) is 8.32 Å². The second kappa shape index (κ2) is 5.89. The molecule has 0 aromatic rings. The van der Waals surface area contributed by atoms with Crippen LogP contribution >= 0.6 is 0 Å². The Morgan fingerprint density at radius 2 is 1.11 bits per heavy atom. The van der Waals surface area contributed by atoms with E-state index in [-0.39, 0.29) is 0 Å². The van der Waals surface area contributed by atoms with E-state index in [0.717, 1.165) is 0 Å². The second-order valence-electron chi connectivity index (χ2n) is 8.61. The zero-order valence-electron chi connectivity index (χ0n) is 14.5. The minimum Gasteiger partial charge on any atom is -0.552 e. The predicted molar refractivity (Wildman–Crippen MR) is 96.7 cm³/mol. The molecule has 0 heterocycles. The van der Waals surface area contributed by atoms with Gasteiger partial charge in [-0.25, -0.2) is 0 Å². The van der Waals surface area contributed by atoms with Crippen LogP contribution in [-0.2, 0) is 4.43 Å². The van der Waals surface area contributed by atoms with Crippen molar-refractivity contribution in [1.82, 2.24) is 0 Å².